The first-order valence-corrected chi connectivity index (χ1v) is 8.84. The number of benzene rings is 1. The first-order chi connectivity index (χ1) is 11.9. The van der Waals surface area contributed by atoms with Crippen LogP contribution in [0.5, 0.6) is 5.88 Å². The average Bonchev–Trinajstić information content (AvgIpc) is 2.54. The number of H-pyrrole nitrogens is 1. The van der Waals surface area contributed by atoms with Crippen LogP contribution in [0.25, 0.3) is 0 Å². The summed E-state index contributed by atoms with van der Waals surface area (Å²) < 4.78 is 13.5. The van der Waals surface area contributed by atoms with Crippen LogP contribution in [0.2, 0.25) is 0 Å². The monoisotopic (exact) mass is 365 g/mol. The third-order valence-corrected chi connectivity index (χ3v) is 4.30. The van der Waals surface area contributed by atoms with Crippen LogP contribution in [0, 0.1) is 11.7 Å². The topological polar surface area (TPSA) is 95.1 Å². The van der Waals surface area contributed by atoms with Gasteiger partial charge < -0.3 is 15.4 Å². The van der Waals surface area contributed by atoms with Gasteiger partial charge in [-0.15, -0.1) is 0 Å². The van der Waals surface area contributed by atoms with Crippen molar-refractivity contribution in [2.75, 3.05) is 11.1 Å². The highest BCUT2D eigenvalue weighted by Gasteiger charge is 2.13. The summed E-state index contributed by atoms with van der Waals surface area (Å²) in [7, 11) is 0. The molecule has 0 aliphatic rings. The summed E-state index contributed by atoms with van der Waals surface area (Å²) in [5, 5.41) is 12.5. The number of nitrogens with zero attached hydrogens (tertiary/aromatic N) is 1. The van der Waals surface area contributed by atoms with E-state index < -0.39 is 17.3 Å². The number of thioether (sulfide) groups is 1. The van der Waals surface area contributed by atoms with Crippen molar-refractivity contribution < 1.29 is 14.3 Å². The van der Waals surface area contributed by atoms with Crippen molar-refractivity contribution in [3.63, 3.8) is 0 Å². The zero-order valence-electron chi connectivity index (χ0n) is 14.0. The van der Waals surface area contributed by atoms with Crippen LogP contribution in [-0.4, -0.2) is 26.7 Å². The fraction of sp³-hybridized carbons (Fsp3) is 0.353. The summed E-state index contributed by atoms with van der Waals surface area (Å²) in [6.07, 6.45) is 1.19. The van der Waals surface area contributed by atoms with Gasteiger partial charge in [-0.2, -0.15) is 4.98 Å². The van der Waals surface area contributed by atoms with Crippen molar-refractivity contribution in [1.82, 2.24) is 9.97 Å². The molecule has 6 nitrogen and oxygen atoms in total. The molecule has 0 radical (unpaired) electrons. The molecule has 0 bridgehead atoms. The van der Waals surface area contributed by atoms with Gasteiger partial charge in [-0.05, 0) is 30.9 Å². The van der Waals surface area contributed by atoms with Gasteiger partial charge in [0.15, 0.2) is 5.16 Å². The molecule has 0 saturated heterocycles. The van der Waals surface area contributed by atoms with Crippen LogP contribution in [0.4, 0.5) is 10.1 Å². The maximum atomic E-state index is 13.5. The minimum atomic E-state index is -0.528. The Morgan fingerprint density at radius 3 is 2.76 bits per heavy atom. The largest absolute Gasteiger partial charge is 0.493 e. The number of amides is 1. The van der Waals surface area contributed by atoms with Gasteiger partial charge in [0.25, 0.3) is 5.56 Å². The van der Waals surface area contributed by atoms with Gasteiger partial charge >= 0.3 is 0 Å². The predicted octanol–water partition coefficient (Wildman–Crippen LogP) is 2.93. The first kappa shape index (κ1) is 19.0. The number of aromatic amines is 1. The molecule has 0 spiro atoms. The van der Waals surface area contributed by atoms with Crippen molar-refractivity contribution in [2.45, 2.75) is 31.8 Å². The van der Waals surface area contributed by atoms with E-state index in [4.69, 9.17) is 0 Å². The van der Waals surface area contributed by atoms with E-state index in [-0.39, 0.29) is 28.0 Å². The third-order valence-electron chi connectivity index (χ3n) is 3.43. The summed E-state index contributed by atoms with van der Waals surface area (Å²) in [6.45, 7) is 4.05. The first-order valence-electron chi connectivity index (χ1n) is 7.86. The third kappa shape index (κ3) is 5.60. The standard InChI is InChI=1S/C17H20FN3O3S/c1-10(2)7-8-11-15(23)20-17(21-16(11)24)25-9-14(22)19-13-6-4-3-5-12(13)18/h3-6,10H,7-9H2,1-2H3,(H,19,22)(H2,20,21,23,24). The Kier molecular flexibility index (Phi) is 6.58. The zero-order chi connectivity index (χ0) is 18.4. The minimum absolute atomic E-state index is 0.0813. The summed E-state index contributed by atoms with van der Waals surface area (Å²) in [4.78, 5) is 30.4. The Hall–Kier alpha value is -2.35. The number of hydrogen-bond acceptors (Lipinski definition) is 5. The van der Waals surface area contributed by atoms with Crippen molar-refractivity contribution in [1.29, 1.82) is 0 Å². The number of nitrogens with one attached hydrogen (secondary N) is 2. The Bertz CT molecular complexity index is 808. The SMILES string of the molecule is CC(C)CCc1c(O)nc(SCC(=O)Nc2ccccc2F)[nH]c1=O. The fourth-order valence-corrected chi connectivity index (χ4v) is 2.73. The second-order valence-electron chi connectivity index (χ2n) is 5.92. The van der Waals surface area contributed by atoms with Gasteiger partial charge in [0.05, 0.1) is 17.0 Å². The highest BCUT2D eigenvalue weighted by atomic mass is 32.2. The van der Waals surface area contributed by atoms with Crippen LogP contribution < -0.4 is 10.9 Å². The lowest BCUT2D eigenvalue weighted by molar-refractivity contribution is -0.113. The molecule has 2 aromatic rings. The molecule has 1 heterocycles. The number of carbonyl (C=O) groups excluding carboxylic acids is 1. The van der Waals surface area contributed by atoms with Gasteiger partial charge in [-0.25, -0.2) is 4.39 Å². The molecule has 0 aliphatic heterocycles. The van der Waals surface area contributed by atoms with Gasteiger partial charge in [0.1, 0.15) is 5.82 Å². The van der Waals surface area contributed by atoms with Crippen LogP contribution in [0.3, 0.4) is 0 Å². The predicted molar refractivity (Wildman–Crippen MR) is 95.4 cm³/mol. The highest BCUT2D eigenvalue weighted by Crippen LogP contribution is 2.19. The molecule has 8 heteroatoms. The molecule has 2 rings (SSSR count). The fourth-order valence-electron chi connectivity index (χ4n) is 2.08. The number of hydrogen-bond donors (Lipinski definition) is 3. The molecular weight excluding hydrogens is 345 g/mol. The summed E-state index contributed by atoms with van der Waals surface area (Å²) >= 11 is 0.954. The average molecular weight is 365 g/mol. The Morgan fingerprint density at radius 2 is 2.12 bits per heavy atom. The second-order valence-corrected chi connectivity index (χ2v) is 6.89. The van der Waals surface area contributed by atoms with Crippen molar-refractivity contribution >= 4 is 23.4 Å². The van der Waals surface area contributed by atoms with E-state index in [0.717, 1.165) is 18.2 Å². The lowest BCUT2D eigenvalue weighted by Crippen LogP contribution is -2.18. The van der Waals surface area contributed by atoms with Crippen LogP contribution in [0.1, 0.15) is 25.8 Å². The normalized spacial score (nSPS) is 10.9. The van der Waals surface area contributed by atoms with E-state index in [0.29, 0.717) is 12.3 Å². The van der Waals surface area contributed by atoms with Crippen molar-refractivity contribution in [2.24, 2.45) is 5.92 Å². The lowest BCUT2D eigenvalue weighted by atomic mass is 10.0. The number of aromatic nitrogens is 2. The quantitative estimate of drug-likeness (QED) is 0.518. The van der Waals surface area contributed by atoms with Gasteiger partial charge in [-0.3, -0.25) is 9.59 Å². The Balaban J connectivity index is 1.98. The molecule has 0 aliphatic carbocycles. The molecule has 1 aromatic heterocycles. The van der Waals surface area contributed by atoms with E-state index in [2.05, 4.69) is 15.3 Å². The molecule has 0 atom stereocenters. The molecule has 1 amide bonds. The number of carbonyl (C=O) groups is 1. The smallest absolute Gasteiger partial charge is 0.258 e. The molecule has 25 heavy (non-hydrogen) atoms. The molecule has 0 unspecified atom stereocenters. The lowest BCUT2D eigenvalue weighted by Gasteiger charge is -2.08. The number of rotatable bonds is 7. The van der Waals surface area contributed by atoms with Crippen LogP contribution >= 0.6 is 11.8 Å². The molecule has 134 valence electrons. The minimum Gasteiger partial charge on any atom is -0.493 e. The molecule has 3 N–H and O–H groups in total. The van der Waals surface area contributed by atoms with E-state index in [1.807, 2.05) is 13.8 Å². The van der Waals surface area contributed by atoms with E-state index in [1.54, 1.807) is 6.07 Å². The van der Waals surface area contributed by atoms with Crippen LogP contribution in [-0.2, 0) is 11.2 Å². The highest BCUT2D eigenvalue weighted by molar-refractivity contribution is 7.99. The summed E-state index contributed by atoms with van der Waals surface area (Å²) in [5.74, 6) is -0.973. The van der Waals surface area contributed by atoms with Gasteiger partial charge in [0.2, 0.25) is 11.8 Å². The summed E-state index contributed by atoms with van der Waals surface area (Å²) in [6, 6.07) is 5.83. The maximum absolute atomic E-state index is 13.5. The molecule has 0 fully saturated rings. The number of aromatic hydroxyl groups is 1. The van der Waals surface area contributed by atoms with Crippen molar-refractivity contribution in [3.05, 3.63) is 46.0 Å². The molecular formula is C17H20FN3O3S. The number of para-hydroxylation sites is 1. The van der Waals surface area contributed by atoms with Crippen molar-refractivity contribution in [3.8, 4) is 5.88 Å². The molecule has 0 saturated carbocycles. The van der Waals surface area contributed by atoms with E-state index in [1.165, 1.54) is 18.2 Å². The van der Waals surface area contributed by atoms with Crippen LogP contribution in [0.15, 0.2) is 34.2 Å². The Labute approximate surface area is 148 Å². The van der Waals surface area contributed by atoms with Gasteiger partial charge in [-0.1, -0.05) is 37.7 Å². The summed E-state index contributed by atoms with van der Waals surface area (Å²) in [5.41, 5.74) is -0.0829. The Morgan fingerprint density at radius 1 is 1.40 bits per heavy atom. The van der Waals surface area contributed by atoms with E-state index >= 15 is 0 Å². The molecule has 1 aromatic carbocycles. The van der Waals surface area contributed by atoms with E-state index in [9.17, 15) is 19.1 Å². The van der Waals surface area contributed by atoms with Gasteiger partial charge in [0, 0.05) is 0 Å². The maximum Gasteiger partial charge on any atom is 0.258 e. The zero-order valence-corrected chi connectivity index (χ0v) is 14.8. The second kappa shape index (κ2) is 8.66. The number of halogens is 1. The number of anilines is 1.